The molecule has 1 unspecified atom stereocenters. The number of nitrogens with zero attached hydrogens (tertiary/aromatic N) is 2. The number of carbonyl (C=O) groups excluding carboxylic acids is 2. The summed E-state index contributed by atoms with van der Waals surface area (Å²) in [6.07, 6.45) is -2.63. The van der Waals surface area contributed by atoms with Crippen molar-refractivity contribution < 1.29 is 66.7 Å². The lowest BCUT2D eigenvalue weighted by Crippen LogP contribution is -2.36. The van der Waals surface area contributed by atoms with Crippen LogP contribution in [0.3, 0.4) is 0 Å². The van der Waals surface area contributed by atoms with Gasteiger partial charge in [-0.25, -0.2) is 27.7 Å². The first-order chi connectivity index (χ1) is 32.9. The van der Waals surface area contributed by atoms with Crippen LogP contribution in [0.2, 0.25) is 0 Å². The van der Waals surface area contributed by atoms with E-state index in [0.29, 0.717) is 48.2 Å². The smallest absolute Gasteiger partial charge is 0.282 e. The first-order valence-electron chi connectivity index (χ1n) is 18.0. The Kier molecular flexibility index (Phi) is 36.0. The van der Waals surface area contributed by atoms with Crippen LogP contribution in [0.4, 0.5) is 17.6 Å². The molecule has 12 nitrogen and oxygen atoms in total. The summed E-state index contributed by atoms with van der Waals surface area (Å²) in [5.41, 5.74) is 0. The third kappa shape index (κ3) is 25.1. The predicted octanol–water partition coefficient (Wildman–Crippen LogP) is 6.52. The van der Waals surface area contributed by atoms with Gasteiger partial charge in [0.2, 0.25) is 11.8 Å². The Labute approximate surface area is 459 Å². The Morgan fingerprint density at radius 1 is 0.638 bits per heavy atom. The highest BCUT2D eigenvalue weighted by atomic mass is 33.4. The molecule has 0 spiro atoms. The number of rotatable bonds is 17. The lowest BCUT2D eigenvalue weighted by atomic mass is 10.1. The van der Waals surface area contributed by atoms with Crippen molar-refractivity contribution in [1.82, 2.24) is 10.1 Å². The molecule has 0 fully saturated rings. The van der Waals surface area contributed by atoms with Crippen LogP contribution in [0, 0.1) is 0 Å². The Morgan fingerprint density at radius 3 is 1.29 bits per heavy atom. The highest BCUT2D eigenvalue weighted by Gasteiger charge is 2.36. The number of carbonyl (C=O) groups is 2. The summed E-state index contributed by atoms with van der Waals surface area (Å²) in [6.45, 7) is 2.06. The number of hydrogen-bond acceptors (Lipinski definition) is 16. The van der Waals surface area contributed by atoms with Crippen LogP contribution in [-0.2, 0) is 182 Å². The maximum Gasteiger partial charge on any atom is 0.282 e. The van der Waals surface area contributed by atoms with Crippen molar-refractivity contribution in [3.05, 3.63) is 58.8 Å². The number of methoxy groups -OCH3 is 4. The number of benzene rings is 2. The second-order valence-corrected chi connectivity index (χ2v) is 37.2. The number of amides is 2. The predicted molar refractivity (Wildman–Crippen MR) is 312 cm³/mol. The quantitative estimate of drug-likeness (QED) is 0.0392. The van der Waals surface area contributed by atoms with E-state index in [2.05, 4.69) is 51.3 Å². The minimum atomic E-state index is -3.28. The van der Waals surface area contributed by atoms with E-state index in [1.54, 1.807) is 104 Å². The van der Waals surface area contributed by atoms with Crippen molar-refractivity contribution in [2.24, 2.45) is 0 Å². The second-order valence-electron chi connectivity index (χ2n) is 12.1. The van der Waals surface area contributed by atoms with Gasteiger partial charge in [0.1, 0.15) is 0 Å². The number of alkyl halides is 4. The monoisotopic (exact) mass is 1320 g/mol. The third-order valence-corrected chi connectivity index (χ3v) is 34.7. The van der Waals surface area contributed by atoms with Crippen molar-refractivity contribution in [2.45, 2.75) is 43.6 Å². The van der Waals surface area contributed by atoms with E-state index in [4.69, 9.17) is 24.1 Å². The van der Waals surface area contributed by atoms with Crippen LogP contribution in [0.15, 0.2) is 49.1 Å². The van der Waals surface area contributed by atoms with Crippen molar-refractivity contribution in [2.75, 3.05) is 48.1 Å². The molecule has 2 aromatic carbocycles. The van der Waals surface area contributed by atoms with Gasteiger partial charge in [-0.15, -0.1) is 29.3 Å². The maximum atomic E-state index is 14.5. The second kappa shape index (κ2) is 37.3. The lowest BCUT2D eigenvalue weighted by Gasteiger charge is -2.19. The molecule has 0 aliphatic carbocycles. The molecule has 2 amide bonds. The van der Waals surface area contributed by atoms with Gasteiger partial charge in [-0.05, 0) is 35.0 Å². The first-order valence-corrected chi connectivity index (χ1v) is 39.6. The molecule has 4 N–H and O–H groups in total. The molecule has 0 aliphatic heterocycles. The van der Waals surface area contributed by atoms with Gasteiger partial charge in [0.25, 0.3) is 11.8 Å². The minimum Gasteiger partial charge on any atom is -0.493 e. The van der Waals surface area contributed by atoms with E-state index in [9.17, 15) is 42.7 Å². The van der Waals surface area contributed by atoms with E-state index >= 15 is 0 Å². The molecule has 2 aromatic heterocycles. The minimum absolute atomic E-state index is 0.104. The third-order valence-electron chi connectivity index (χ3n) is 7.85. The fraction of sp³-hybridized carbons (Fsp3) is 0.412. The van der Waals surface area contributed by atoms with Gasteiger partial charge in [-0.1, -0.05) is 6.08 Å². The average molecular weight is 1320 g/mol. The highest BCUT2D eigenvalue weighted by Crippen LogP contribution is 2.44. The van der Waals surface area contributed by atoms with E-state index in [0.717, 1.165) is 22.7 Å². The number of aliphatic hydroxyl groups excluding tert-OH is 2. The molecule has 1 atom stereocenters. The number of halogens is 4. The molecule has 0 saturated heterocycles. The van der Waals surface area contributed by atoms with Crippen LogP contribution in [0.1, 0.15) is 35.4 Å². The van der Waals surface area contributed by atoms with E-state index in [1.807, 2.05) is 0 Å². The molecule has 0 aliphatic rings. The van der Waals surface area contributed by atoms with E-state index < -0.39 is 68.6 Å². The average Bonchev–Trinajstić information content (AvgIpc) is 3.98. The molecule has 35 heteroatoms. The topological polar surface area (TPSA) is 158 Å². The van der Waals surface area contributed by atoms with Gasteiger partial charge in [-0.2, -0.15) is 0 Å². The molecule has 0 bridgehead atoms. The molecule has 69 heavy (non-hydrogen) atoms. The lowest BCUT2D eigenvalue weighted by molar-refractivity contribution is -0.173. The molecular weight excluding hydrogens is 1280 g/mol. The number of ether oxygens (including phenoxy) is 4. The van der Waals surface area contributed by atoms with Crippen molar-refractivity contribution in [3.8, 4) is 23.0 Å². The van der Waals surface area contributed by atoms with Gasteiger partial charge in [0.15, 0.2) is 23.0 Å². The summed E-state index contributed by atoms with van der Waals surface area (Å²) in [4.78, 5) is 23.0. The van der Waals surface area contributed by atoms with Gasteiger partial charge in [-0.3, -0.25) is 20.0 Å². The standard InChI is InChI=1S/C17H21F2NO6S.C17H19F2NO4S.S9.S8/c1-25-12-5-10-6-15(27-14(10)7-13(12)26-2)17(18,19)4-3-16(23)20(24)8-11(22)9-21;1-4-7-20(22)16(21)5-6-17(18,19)15-9-11-8-12(23-2)13(24-3)10-14(11)25-15;1-3-5-7-9-8-6-4-2;1-3-5-7-8-6-4-2/h5-7,11,21-22,24H,3-4,8-9H2,1-2H3;4,8-10,22H,1,5-7H2,2-3H3;;. The summed E-state index contributed by atoms with van der Waals surface area (Å²) in [5, 5.41) is 38.4. The Hall–Kier alpha value is -0.460. The fourth-order valence-electron chi connectivity index (χ4n) is 4.81. The summed E-state index contributed by atoms with van der Waals surface area (Å²) in [5.74, 6) is -6.44. The van der Waals surface area contributed by atoms with Crippen LogP contribution >= 0.6 is 22.7 Å². The van der Waals surface area contributed by atoms with Crippen LogP contribution < -0.4 is 18.9 Å². The van der Waals surface area contributed by atoms with Gasteiger partial charge in [0.05, 0.1) is 64.0 Å². The highest BCUT2D eigenvalue weighted by molar-refractivity contribution is 8.72. The number of thiophene rings is 2. The SMILES string of the molecule is C=CCN(O)C(=O)CCC(F)(F)c1cc2cc(OC)c(OC)cc2s1.COc1cc2cc(C(F)(F)CCC(=O)N(O)CC(O)CO)sc2cc1OC.S=S=S=S=S=S=S=S.S=S=S=S=S=S=S=S=S. The van der Waals surface area contributed by atoms with E-state index in [1.165, 1.54) is 82.2 Å². The zero-order valence-electron chi connectivity index (χ0n) is 35.7. The van der Waals surface area contributed by atoms with Gasteiger partial charge in [0, 0.05) is 207 Å². The summed E-state index contributed by atoms with van der Waals surface area (Å²) >= 11 is 20.3. The summed E-state index contributed by atoms with van der Waals surface area (Å²) in [7, 11) is 25.9. The maximum absolute atomic E-state index is 14.5. The van der Waals surface area contributed by atoms with Crippen molar-refractivity contribution >= 4 is 215 Å². The Morgan fingerprint density at radius 2 is 0.971 bits per heavy atom. The molecule has 0 radical (unpaired) electrons. The molecule has 2 heterocycles. The van der Waals surface area contributed by atoms with Gasteiger partial charge >= 0.3 is 0 Å². The Balaban J connectivity index is 0.000000519. The largest absolute Gasteiger partial charge is 0.493 e. The molecule has 4 rings (SSSR count). The molecule has 4 aromatic rings. The number of fused-ring (bicyclic) bond motifs is 2. The van der Waals surface area contributed by atoms with Crippen molar-refractivity contribution in [3.63, 3.8) is 0 Å². The van der Waals surface area contributed by atoms with Crippen LogP contribution in [0.25, 0.3) is 20.2 Å². The summed E-state index contributed by atoms with van der Waals surface area (Å²) in [6, 6.07) is 9.19. The van der Waals surface area contributed by atoms with Crippen LogP contribution in [-0.4, -0.2) is 96.8 Å². The Bertz CT molecular complexity index is 2810. The fourth-order valence-corrected chi connectivity index (χ4v) is 31.7. The normalized spacial score (nSPS) is 10.8. The van der Waals surface area contributed by atoms with Crippen LogP contribution in [0.5, 0.6) is 23.0 Å². The van der Waals surface area contributed by atoms with E-state index in [-0.39, 0.29) is 21.4 Å². The molecule has 388 valence electrons. The zero-order valence-corrected chi connectivity index (χ0v) is 51.2. The molecule has 0 saturated carbocycles. The summed E-state index contributed by atoms with van der Waals surface area (Å²) < 4.78 is 79.8. The number of hydroxylamine groups is 4. The number of hydrogen-bond donors (Lipinski definition) is 4. The van der Waals surface area contributed by atoms with Crippen molar-refractivity contribution in [1.29, 1.82) is 0 Å². The van der Waals surface area contributed by atoms with Gasteiger partial charge < -0.3 is 29.2 Å². The molecular formula is C34H40F4N2O10S19. The number of aliphatic hydroxyl groups is 2. The zero-order chi connectivity index (χ0) is 52.0. The first kappa shape index (κ1) is 66.6.